The Morgan fingerprint density at radius 1 is 1.32 bits per heavy atom. The normalized spacial score (nSPS) is 43.5. The highest BCUT2D eigenvalue weighted by Gasteiger charge is 2.58. The molecule has 0 amide bonds. The standard InChI is InChI=1S/C20H26O5/c1-12-6-4-8-13(2)17(22)18-15(14(3)19(23)24-18)10-16-20(11-21,25-16)9-5-7-12/h7-8,11,15-18,22H,3-6,9-10H2,1-2H3/b12-7+,13-8+/t15-,16-,17-,18-,20+/m1/s1. The molecule has 0 bridgehead atoms. The van der Waals surface area contributed by atoms with Crippen LogP contribution in [0.5, 0.6) is 0 Å². The van der Waals surface area contributed by atoms with E-state index in [2.05, 4.69) is 19.6 Å². The van der Waals surface area contributed by atoms with E-state index in [9.17, 15) is 14.7 Å². The van der Waals surface area contributed by atoms with Crippen molar-refractivity contribution in [3.8, 4) is 0 Å². The topological polar surface area (TPSA) is 76.1 Å². The molecule has 0 saturated carbocycles. The fraction of sp³-hybridized carbons (Fsp3) is 0.600. The minimum absolute atomic E-state index is 0.253. The molecule has 2 aliphatic heterocycles. The van der Waals surface area contributed by atoms with Gasteiger partial charge in [0.2, 0.25) is 0 Å². The van der Waals surface area contributed by atoms with Crippen LogP contribution in [0.2, 0.25) is 0 Å². The van der Waals surface area contributed by atoms with E-state index in [0.29, 0.717) is 18.4 Å². The van der Waals surface area contributed by atoms with Crippen LogP contribution in [-0.2, 0) is 19.1 Å². The lowest BCUT2D eigenvalue weighted by Gasteiger charge is -2.23. The number of carbonyl (C=O) groups is 2. The number of epoxide rings is 1. The lowest BCUT2D eigenvalue weighted by Crippen LogP contribution is -2.34. The summed E-state index contributed by atoms with van der Waals surface area (Å²) in [5, 5.41) is 10.7. The molecule has 2 heterocycles. The maximum Gasteiger partial charge on any atom is 0.334 e. The third kappa shape index (κ3) is 3.48. The summed E-state index contributed by atoms with van der Waals surface area (Å²) in [5.41, 5.74) is 1.64. The van der Waals surface area contributed by atoms with Crippen molar-refractivity contribution < 1.29 is 24.2 Å². The van der Waals surface area contributed by atoms with Gasteiger partial charge in [-0.2, -0.15) is 0 Å². The van der Waals surface area contributed by atoms with Crippen LogP contribution < -0.4 is 0 Å². The molecule has 25 heavy (non-hydrogen) atoms. The van der Waals surface area contributed by atoms with E-state index >= 15 is 0 Å². The molecule has 0 radical (unpaired) electrons. The molecule has 0 spiro atoms. The minimum atomic E-state index is -0.871. The van der Waals surface area contributed by atoms with Crippen LogP contribution in [0.1, 0.15) is 46.0 Å². The fourth-order valence-corrected chi connectivity index (χ4v) is 3.84. The van der Waals surface area contributed by atoms with Gasteiger partial charge in [-0.15, -0.1) is 0 Å². The van der Waals surface area contributed by atoms with E-state index < -0.39 is 23.8 Å². The van der Waals surface area contributed by atoms with Gasteiger partial charge in [-0.25, -0.2) is 4.79 Å². The molecule has 5 nitrogen and oxygen atoms in total. The van der Waals surface area contributed by atoms with Crippen molar-refractivity contribution in [1.82, 2.24) is 0 Å². The summed E-state index contributed by atoms with van der Waals surface area (Å²) < 4.78 is 11.1. The summed E-state index contributed by atoms with van der Waals surface area (Å²) >= 11 is 0. The van der Waals surface area contributed by atoms with Crippen LogP contribution in [0, 0.1) is 5.92 Å². The Morgan fingerprint density at radius 2 is 2.08 bits per heavy atom. The van der Waals surface area contributed by atoms with Crippen LogP contribution in [0.4, 0.5) is 0 Å². The quantitative estimate of drug-likeness (QED) is 0.260. The smallest absolute Gasteiger partial charge is 0.334 e. The molecule has 0 aromatic heterocycles. The van der Waals surface area contributed by atoms with Crippen LogP contribution >= 0.6 is 0 Å². The number of aldehydes is 1. The average molecular weight is 346 g/mol. The molecule has 136 valence electrons. The zero-order valence-corrected chi connectivity index (χ0v) is 14.9. The van der Waals surface area contributed by atoms with Crippen molar-refractivity contribution in [2.24, 2.45) is 5.92 Å². The SMILES string of the molecule is C=C1C(=O)O[C@@H]2[C@@H]1C[C@H]1O[C@]1(C=O)CC/C=C(\C)CC/C=C(\C)[C@H]2O. The van der Waals surface area contributed by atoms with Gasteiger partial charge in [-0.05, 0) is 51.5 Å². The van der Waals surface area contributed by atoms with E-state index in [1.807, 2.05) is 13.0 Å². The molecule has 0 unspecified atom stereocenters. The highest BCUT2D eigenvalue weighted by Crippen LogP contribution is 2.46. The number of rotatable bonds is 1. The summed E-state index contributed by atoms with van der Waals surface area (Å²) in [6.45, 7) is 7.76. The first kappa shape index (κ1) is 18.1. The van der Waals surface area contributed by atoms with Crippen molar-refractivity contribution >= 4 is 12.3 Å². The third-order valence-electron chi connectivity index (χ3n) is 5.68. The van der Waals surface area contributed by atoms with E-state index in [0.717, 1.165) is 31.1 Å². The lowest BCUT2D eigenvalue weighted by molar-refractivity contribution is -0.143. The Morgan fingerprint density at radius 3 is 2.80 bits per heavy atom. The van der Waals surface area contributed by atoms with Crippen LogP contribution in [0.3, 0.4) is 0 Å². The monoisotopic (exact) mass is 346 g/mol. The number of hydrogen-bond acceptors (Lipinski definition) is 5. The number of allylic oxidation sites excluding steroid dienone is 3. The van der Waals surface area contributed by atoms with Crippen LogP contribution in [0.25, 0.3) is 0 Å². The highest BCUT2D eigenvalue weighted by atomic mass is 16.6. The predicted molar refractivity (Wildman–Crippen MR) is 92.8 cm³/mol. The summed E-state index contributed by atoms with van der Waals surface area (Å²) in [4.78, 5) is 23.6. The Balaban J connectivity index is 1.87. The number of ether oxygens (including phenoxy) is 2. The van der Waals surface area contributed by atoms with Crippen molar-refractivity contribution in [2.45, 2.75) is 69.9 Å². The van der Waals surface area contributed by atoms with Crippen molar-refractivity contribution in [2.75, 3.05) is 0 Å². The number of aliphatic hydroxyl groups excluding tert-OH is 1. The summed E-state index contributed by atoms with van der Waals surface area (Å²) in [6, 6.07) is 0. The molecule has 2 fully saturated rings. The van der Waals surface area contributed by atoms with Gasteiger partial charge >= 0.3 is 5.97 Å². The molecule has 1 N–H and O–H groups in total. The number of hydrogen-bond donors (Lipinski definition) is 1. The van der Waals surface area contributed by atoms with Gasteiger partial charge < -0.3 is 19.4 Å². The van der Waals surface area contributed by atoms with Gasteiger partial charge in [0.15, 0.2) is 6.29 Å². The van der Waals surface area contributed by atoms with E-state index in [1.165, 1.54) is 5.57 Å². The van der Waals surface area contributed by atoms with Crippen molar-refractivity contribution in [3.05, 3.63) is 35.5 Å². The number of esters is 1. The second-order valence-electron chi connectivity index (χ2n) is 7.44. The largest absolute Gasteiger partial charge is 0.455 e. The number of aliphatic hydroxyl groups is 1. The van der Waals surface area contributed by atoms with Gasteiger partial charge in [0, 0.05) is 11.5 Å². The third-order valence-corrected chi connectivity index (χ3v) is 5.68. The second-order valence-corrected chi connectivity index (χ2v) is 7.44. The summed E-state index contributed by atoms with van der Waals surface area (Å²) in [6.07, 6.45) is 6.84. The van der Waals surface area contributed by atoms with Gasteiger partial charge in [0.1, 0.15) is 17.8 Å². The molecule has 1 aliphatic carbocycles. The Hall–Kier alpha value is -1.72. The predicted octanol–water partition coefficient (Wildman–Crippen LogP) is 2.64. The zero-order valence-electron chi connectivity index (χ0n) is 14.9. The molecule has 3 rings (SSSR count). The molecule has 3 aliphatic rings. The Bertz CT molecular complexity index is 646. The molecule has 0 aromatic rings. The maximum absolute atomic E-state index is 12.0. The zero-order chi connectivity index (χ0) is 18.2. The van der Waals surface area contributed by atoms with Gasteiger partial charge in [0.25, 0.3) is 0 Å². The summed E-state index contributed by atoms with van der Waals surface area (Å²) in [7, 11) is 0. The first-order chi connectivity index (χ1) is 11.9. The first-order valence-corrected chi connectivity index (χ1v) is 8.92. The van der Waals surface area contributed by atoms with E-state index in [1.54, 1.807) is 0 Å². The molecule has 5 atom stereocenters. The van der Waals surface area contributed by atoms with Gasteiger partial charge in [-0.1, -0.05) is 24.3 Å². The number of fused-ring (bicyclic) bond motifs is 2. The summed E-state index contributed by atoms with van der Waals surface area (Å²) in [5.74, 6) is -0.807. The average Bonchev–Trinajstić information content (AvgIpc) is 3.20. The second kappa shape index (κ2) is 6.89. The van der Waals surface area contributed by atoms with E-state index in [-0.39, 0.29) is 12.0 Å². The maximum atomic E-state index is 12.0. The fourth-order valence-electron chi connectivity index (χ4n) is 3.84. The molecular weight excluding hydrogens is 320 g/mol. The van der Waals surface area contributed by atoms with Crippen molar-refractivity contribution in [3.63, 3.8) is 0 Å². The van der Waals surface area contributed by atoms with Crippen LogP contribution in [-0.4, -0.2) is 41.3 Å². The Kier molecular flexibility index (Phi) is 4.98. The van der Waals surface area contributed by atoms with E-state index in [4.69, 9.17) is 9.47 Å². The van der Waals surface area contributed by atoms with Gasteiger partial charge in [0.05, 0.1) is 6.10 Å². The van der Waals surface area contributed by atoms with Crippen molar-refractivity contribution in [1.29, 1.82) is 0 Å². The Labute approximate surface area is 148 Å². The molecule has 2 saturated heterocycles. The molecule has 5 heteroatoms. The molecule has 0 aromatic carbocycles. The lowest BCUT2D eigenvalue weighted by atomic mass is 9.84. The molecular formula is C20H26O5. The minimum Gasteiger partial charge on any atom is -0.455 e. The highest BCUT2D eigenvalue weighted by molar-refractivity contribution is 5.91. The van der Waals surface area contributed by atoms with Crippen LogP contribution in [0.15, 0.2) is 35.5 Å². The number of carbonyl (C=O) groups excluding carboxylic acids is 2. The first-order valence-electron chi connectivity index (χ1n) is 8.92. The van der Waals surface area contributed by atoms with Gasteiger partial charge in [-0.3, -0.25) is 0 Å².